The summed E-state index contributed by atoms with van der Waals surface area (Å²) in [6, 6.07) is 12.3. The number of fused-ring (bicyclic) bond motifs is 1. The molecule has 7 nitrogen and oxygen atoms in total. The van der Waals surface area contributed by atoms with E-state index in [-0.39, 0.29) is 16.7 Å². The molecule has 3 rings (SSSR count). The van der Waals surface area contributed by atoms with Crippen LogP contribution in [0.15, 0.2) is 48.5 Å². The Balaban J connectivity index is 1.93. The molecule has 0 aliphatic carbocycles. The highest BCUT2D eigenvalue weighted by Crippen LogP contribution is 2.31. The first kappa shape index (κ1) is 26.4. The lowest BCUT2D eigenvalue weighted by Crippen LogP contribution is -2.34. The standard InChI is InChI=1S/C20H11F2I3O7S/c21-20(22,33(28,29)30)9-31-18(26)13-5-6-16(12-4-2-1-3-11(12)13)32-19(27)14-7-10(23)8-15(24)17(14)25/h1-8H,9H2,(H,28,29,30)/p-1. The molecule has 0 aliphatic rings. The van der Waals surface area contributed by atoms with E-state index in [2.05, 4.69) is 49.9 Å². The predicted octanol–water partition coefficient (Wildman–Crippen LogP) is 5.17. The van der Waals surface area contributed by atoms with Crippen LogP contribution >= 0.6 is 67.8 Å². The zero-order valence-electron chi connectivity index (χ0n) is 16.0. The van der Waals surface area contributed by atoms with Gasteiger partial charge in [-0.2, -0.15) is 8.78 Å². The summed E-state index contributed by atoms with van der Waals surface area (Å²) >= 11 is 6.21. The number of esters is 2. The maximum atomic E-state index is 13.3. The van der Waals surface area contributed by atoms with Gasteiger partial charge < -0.3 is 14.0 Å². The quantitative estimate of drug-likeness (QED) is 0.111. The van der Waals surface area contributed by atoms with Gasteiger partial charge in [0.2, 0.25) is 0 Å². The van der Waals surface area contributed by atoms with Crippen molar-refractivity contribution in [3.05, 3.63) is 70.4 Å². The molecule has 0 bridgehead atoms. The van der Waals surface area contributed by atoms with Gasteiger partial charge in [-0.1, -0.05) is 24.3 Å². The molecule has 174 valence electrons. The van der Waals surface area contributed by atoms with Crippen molar-refractivity contribution < 1.29 is 40.8 Å². The topological polar surface area (TPSA) is 110 Å². The predicted molar refractivity (Wildman–Crippen MR) is 138 cm³/mol. The first-order valence-corrected chi connectivity index (χ1v) is 13.3. The molecule has 33 heavy (non-hydrogen) atoms. The number of alkyl halides is 2. The molecule has 0 atom stereocenters. The summed E-state index contributed by atoms with van der Waals surface area (Å²) in [7, 11) is -6.00. The molecule has 0 radical (unpaired) electrons. The second-order valence-corrected chi connectivity index (χ2v) is 11.5. The molecular weight excluding hydrogens is 803 g/mol. The van der Waals surface area contributed by atoms with E-state index >= 15 is 0 Å². The Kier molecular flexibility index (Phi) is 8.17. The molecule has 0 unspecified atom stereocenters. The van der Waals surface area contributed by atoms with Crippen LogP contribution in [0.25, 0.3) is 10.8 Å². The lowest BCUT2D eigenvalue weighted by molar-refractivity contribution is -0.00984. The van der Waals surface area contributed by atoms with Gasteiger partial charge in [0.25, 0.3) is 0 Å². The first-order chi connectivity index (χ1) is 15.3. The van der Waals surface area contributed by atoms with Crippen molar-refractivity contribution in [2.24, 2.45) is 0 Å². The van der Waals surface area contributed by atoms with Crippen molar-refractivity contribution in [2.45, 2.75) is 5.25 Å². The molecule has 3 aromatic carbocycles. The second-order valence-electron chi connectivity index (χ2n) is 6.46. The second kappa shape index (κ2) is 10.2. The fraction of sp³-hybridized carbons (Fsp3) is 0.100. The van der Waals surface area contributed by atoms with E-state index in [9.17, 15) is 31.3 Å². The number of rotatable bonds is 6. The minimum atomic E-state index is -6.00. The highest BCUT2D eigenvalue weighted by atomic mass is 127. The van der Waals surface area contributed by atoms with Crippen LogP contribution in [0.5, 0.6) is 5.75 Å². The Hall–Kier alpha value is -1.18. The van der Waals surface area contributed by atoms with E-state index in [4.69, 9.17) is 4.74 Å². The molecule has 0 aromatic heterocycles. The lowest BCUT2D eigenvalue weighted by atomic mass is 10.0. The molecule has 0 fully saturated rings. The smallest absolute Gasteiger partial charge is 0.367 e. The molecule has 0 saturated carbocycles. The SMILES string of the molecule is O=C(Oc1ccc(C(=O)OCC(F)(F)S(=O)(=O)[O-])c2ccccc12)c1cc(I)cc(I)c1I. The van der Waals surface area contributed by atoms with Gasteiger partial charge in [0.05, 0.1) is 11.1 Å². The van der Waals surface area contributed by atoms with Crippen molar-refractivity contribution in [2.75, 3.05) is 6.61 Å². The Labute approximate surface area is 227 Å². The molecule has 0 aliphatic heterocycles. The molecule has 0 spiro atoms. The number of carbonyl (C=O) groups excluding carboxylic acids is 2. The van der Waals surface area contributed by atoms with Crippen LogP contribution in [-0.2, 0) is 14.9 Å². The van der Waals surface area contributed by atoms with Crippen LogP contribution < -0.4 is 4.74 Å². The first-order valence-electron chi connectivity index (χ1n) is 8.70. The van der Waals surface area contributed by atoms with Crippen molar-refractivity contribution in [3.63, 3.8) is 0 Å². The van der Waals surface area contributed by atoms with Crippen LogP contribution in [0.4, 0.5) is 8.78 Å². The van der Waals surface area contributed by atoms with Gasteiger partial charge in [-0.25, -0.2) is 18.0 Å². The van der Waals surface area contributed by atoms with Gasteiger partial charge in [-0.15, -0.1) is 0 Å². The van der Waals surface area contributed by atoms with E-state index in [1.54, 1.807) is 24.3 Å². The minimum absolute atomic E-state index is 0.115. The minimum Gasteiger partial charge on any atom is -0.743 e. The Bertz CT molecular complexity index is 1380. The maximum absolute atomic E-state index is 13.3. The number of ether oxygens (including phenoxy) is 2. The van der Waals surface area contributed by atoms with Gasteiger partial charge in [-0.3, -0.25) is 0 Å². The normalized spacial score (nSPS) is 11.9. The molecule has 0 saturated heterocycles. The van der Waals surface area contributed by atoms with Gasteiger partial charge >= 0.3 is 17.2 Å². The maximum Gasteiger partial charge on any atom is 0.367 e. The fourth-order valence-electron chi connectivity index (χ4n) is 2.70. The van der Waals surface area contributed by atoms with Crippen molar-refractivity contribution >= 4 is 101 Å². The van der Waals surface area contributed by atoms with Crippen LogP contribution in [-0.4, -0.2) is 36.8 Å². The molecule has 0 heterocycles. The average molecular weight is 813 g/mol. The van der Waals surface area contributed by atoms with Gasteiger partial charge in [0.1, 0.15) is 5.75 Å². The zero-order valence-corrected chi connectivity index (χ0v) is 23.3. The third-order valence-electron chi connectivity index (χ3n) is 4.26. The number of halogens is 5. The van der Waals surface area contributed by atoms with E-state index in [1.165, 1.54) is 18.2 Å². The summed E-state index contributed by atoms with van der Waals surface area (Å²) in [5.74, 6) is -1.78. The third-order valence-corrected chi connectivity index (χ3v) is 8.77. The van der Waals surface area contributed by atoms with Gasteiger partial charge in [-0.05, 0) is 97.4 Å². The average Bonchev–Trinajstić information content (AvgIpc) is 2.74. The number of benzene rings is 3. The van der Waals surface area contributed by atoms with Crippen LogP contribution in [0.2, 0.25) is 0 Å². The molecule has 13 heteroatoms. The zero-order chi connectivity index (χ0) is 24.6. The summed E-state index contributed by atoms with van der Waals surface area (Å²) in [5, 5.41) is -4.23. The molecular formula is C20H10F2I3O7S-. The number of hydrogen-bond donors (Lipinski definition) is 0. The largest absolute Gasteiger partial charge is 0.743 e. The van der Waals surface area contributed by atoms with E-state index < -0.39 is 33.9 Å². The third kappa shape index (κ3) is 5.91. The van der Waals surface area contributed by atoms with Crippen molar-refractivity contribution in [1.29, 1.82) is 0 Å². The summed E-state index contributed by atoms with van der Waals surface area (Å²) in [6.07, 6.45) is 0. The molecule has 0 amide bonds. The number of carbonyl (C=O) groups is 2. The fourth-order valence-corrected chi connectivity index (χ4v) is 5.28. The Morgan fingerprint density at radius 2 is 1.58 bits per heavy atom. The number of hydrogen-bond acceptors (Lipinski definition) is 7. The molecule has 3 aromatic rings. The van der Waals surface area contributed by atoms with Crippen molar-refractivity contribution in [1.82, 2.24) is 0 Å². The van der Waals surface area contributed by atoms with E-state index in [0.717, 1.165) is 7.14 Å². The van der Waals surface area contributed by atoms with Gasteiger partial charge in [0.15, 0.2) is 16.7 Å². The highest BCUT2D eigenvalue weighted by Gasteiger charge is 2.39. The summed E-state index contributed by atoms with van der Waals surface area (Å²) in [5.41, 5.74) is 0.170. The summed E-state index contributed by atoms with van der Waals surface area (Å²) in [4.78, 5) is 25.2. The Morgan fingerprint density at radius 1 is 0.939 bits per heavy atom. The van der Waals surface area contributed by atoms with Gasteiger partial charge in [0, 0.05) is 16.1 Å². The van der Waals surface area contributed by atoms with Crippen LogP contribution in [0.1, 0.15) is 20.7 Å². The summed E-state index contributed by atoms with van der Waals surface area (Å²) in [6.45, 7) is -1.92. The summed E-state index contributed by atoms with van der Waals surface area (Å²) < 4.78 is 70.8. The molecule has 0 N–H and O–H groups in total. The van der Waals surface area contributed by atoms with Crippen molar-refractivity contribution in [3.8, 4) is 5.75 Å². The van der Waals surface area contributed by atoms with E-state index in [1.807, 2.05) is 28.7 Å². The highest BCUT2D eigenvalue weighted by molar-refractivity contribution is 14.1. The lowest BCUT2D eigenvalue weighted by Gasteiger charge is -2.19. The van der Waals surface area contributed by atoms with Crippen LogP contribution in [0.3, 0.4) is 0 Å². The van der Waals surface area contributed by atoms with Crippen LogP contribution in [0, 0.1) is 10.7 Å². The monoisotopic (exact) mass is 813 g/mol. The Morgan fingerprint density at radius 3 is 2.21 bits per heavy atom. The van der Waals surface area contributed by atoms with E-state index in [0.29, 0.717) is 14.5 Å².